The maximum absolute atomic E-state index is 7.04. The average Bonchev–Trinajstić information content (AvgIpc) is 3.07. The van der Waals surface area contributed by atoms with Crippen LogP contribution in [0.25, 0.3) is 0 Å². The molecule has 5 nitrogen and oxygen atoms in total. The summed E-state index contributed by atoms with van der Waals surface area (Å²) < 4.78 is 33.8. The first-order valence-corrected chi connectivity index (χ1v) is 15.5. The number of aryl methyl sites for hydroxylation is 1. The Morgan fingerprint density at radius 2 is 1.09 bits per heavy atom. The number of hydrogen-bond donors (Lipinski definition) is 0. The molecular weight excluding hydrogens is 584 g/mol. The molecule has 229 valence electrons. The number of para-hydroxylation sites is 4. The predicted octanol–water partition coefficient (Wildman–Crippen LogP) is 8.89. The van der Waals surface area contributed by atoms with Crippen LogP contribution in [0.2, 0.25) is 5.02 Å². The van der Waals surface area contributed by atoms with Gasteiger partial charge >= 0.3 is 0 Å². The maximum atomic E-state index is 7.04. The molecule has 6 heteroatoms. The molecule has 5 aromatic carbocycles. The Hall–Kier alpha value is -4.45. The van der Waals surface area contributed by atoms with Crippen molar-refractivity contribution in [1.29, 1.82) is 0 Å². The molecule has 45 heavy (non-hydrogen) atoms. The van der Waals surface area contributed by atoms with Gasteiger partial charge in [0, 0.05) is 5.02 Å². The number of rotatable bonds is 11. The Morgan fingerprint density at radius 1 is 0.622 bits per heavy atom. The second-order valence-electron chi connectivity index (χ2n) is 10.9. The molecule has 0 spiro atoms. The second kappa shape index (κ2) is 14.6. The first-order valence-electron chi connectivity index (χ1n) is 15.2. The first-order chi connectivity index (χ1) is 22.1. The molecule has 1 aliphatic heterocycles. The molecule has 1 fully saturated rings. The zero-order valence-electron chi connectivity index (χ0n) is 25.1. The van der Waals surface area contributed by atoms with Gasteiger partial charge in [-0.05, 0) is 97.6 Å². The zero-order valence-corrected chi connectivity index (χ0v) is 25.9. The second-order valence-corrected chi connectivity index (χ2v) is 11.4. The summed E-state index contributed by atoms with van der Waals surface area (Å²) in [5.74, 6) is 2.79. The van der Waals surface area contributed by atoms with Crippen molar-refractivity contribution in [1.82, 2.24) is 0 Å². The summed E-state index contributed by atoms with van der Waals surface area (Å²) in [5, 5.41) is 0.613. The number of benzene rings is 5. The van der Waals surface area contributed by atoms with Gasteiger partial charge in [0.25, 0.3) is 0 Å². The van der Waals surface area contributed by atoms with E-state index in [-0.39, 0.29) is 6.61 Å². The van der Waals surface area contributed by atoms with E-state index in [9.17, 15) is 0 Å². The lowest BCUT2D eigenvalue weighted by Crippen LogP contribution is -2.62. The zero-order chi connectivity index (χ0) is 31.0. The summed E-state index contributed by atoms with van der Waals surface area (Å²) in [7, 11) is 0. The highest BCUT2D eigenvalue weighted by Crippen LogP contribution is 2.41. The van der Waals surface area contributed by atoms with Crippen LogP contribution < -0.4 is 18.9 Å². The van der Waals surface area contributed by atoms with Gasteiger partial charge in [0.15, 0.2) is 18.3 Å². The van der Waals surface area contributed by atoms with Gasteiger partial charge in [-0.2, -0.15) is 0 Å². The Balaban J connectivity index is 1.49. The van der Waals surface area contributed by atoms with E-state index in [2.05, 4.69) is 6.92 Å². The van der Waals surface area contributed by atoms with E-state index in [1.165, 1.54) is 0 Å². The Morgan fingerprint density at radius 3 is 1.60 bits per heavy atom. The molecule has 6 rings (SSSR count). The Labute approximate surface area is 270 Å². The minimum Gasteiger partial charge on any atom is -0.491 e. The van der Waals surface area contributed by atoms with Crippen LogP contribution in [-0.4, -0.2) is 31.0 Å². The molecule has 0 saturated carbocycles. The van der Waals surface area contributed by atoms with Crippen LogP contribution in [-0.2, 0) is 11.2 Å². The smallest absolute Gasteiger partial charge is 0.178 e. The van der Waals surface area contributed by atoms with Gasteiger partial charge in [0.05, 0.1) is 0 Å². The lowest BCUT2D eigenvalue weighted by molar-refractivity contribution is -0.210. The number of halogens is 1. The summed E-state index contributed by atoms with van der Waals surface area (Å²) in [6, 6.07) is 42.7. The van der Waals surface area contributed by atoms with Gasteiger partial charge < -0.3 is 23.7 Å². The van der Waals surface area contributed by atoms with Crippen molar-refractivity contribution in [3.63, 3.8) is 0 Å². The van der Waals surface area contributed by atoms with Crippen molar-refractivity contribution in [3.8, 4) is 23.0 Å². The molecule has 5 aromatic rings. The highest BCUT2D eigenvalue weighted by atomic mass is 35.5. The summed E-state index contributed by atoms with van der Waals surface area (Å²) in [6.07, 6.45) is -2.49. The van der Waals surface area contributed by atoms with Crippen LogP contribution in [0.15, 0.2) is 133 Å². The highest BCUT2D eigenvalue weighted by Gasteiger charge is 2.52. The maximum Gasteiger partial charge on any atom is 0.178 e. The van der Waals surface area contributed by atoms with Crippen molar-refractivity contribution in [2.24, 2.45) is 0 Å². The monoisotopic (exact) mass is 619 g/mol. The van der Waals surface area contributed by atoms with Gasteiger partial charge in [-0.15, -0.1) is 0 Å². The molecule has 0 aliphatic carbocycles. The van der Waals surface area contributed by atoms with Crippen molar-refractivity contribution < 1.29 is 23.7 Å². The van der Waals surface area contributed by atoms with Crippen LogP contribution in [0.5, 0.6) is 23.0 Å². The molecule has 1 aliphatic rings. The molecule has 5 atom stereocenters. The predicted molar refractivity (Wildman–Crippen MR) is 177 cm³/mol. The third-order valence-corrected chi connectivity index (χ3v) is 8.08. The van der Waals surface area contributed by atoms with E-state index < -0.39 is 30.5 Å². The van der Waals surface area contributed by atoms with Crippen molar-refractivity contribution in [2.75, 3.05) is 6.61 Å². The largest absolute Gasteiger partial charge is 0.491 e. The van der Waals surface area contributed by atoms with E-state index >= 15 is 0 Å². The van der Waals surface area contributed by atoms with Crippen molar-refractivity contribution in [2.45, 2.75) is 43.9 Å². The number of ether oxygens (including phenoxy) is 5. The quantitative estimate of drug-likeness (QED) is 0.148. The summed E-state index contributed by atoms with van der Waals surface area (Å²) in [5.41, 5.74) is 2.99. The van der Waals surface area contributed by atoms with Gasteiger partial charge in [-0.25, -0.2) is 0 Å². The third kappa shape index (κ3) is 7.44. The van der Waals surface area contributed by atoms with Gasteiger partial charge in [0.2, 0.25) is 0 Å². The van der Waals surface area contributed by atoms with E-state index in [0.717, 1.165) is 22.4 Å². The topological polar surface area (TPSA) is 46.2 Å². The molecule has 0 unspecified atom stereocenters. The van der Waals surface area contributed by atoms with Crippen molar-refractivity contribution >= 4 is 11.6 Å². The molecule has 0 bridgehead atoms. The summed E-state index contributed by atoms with van der Waals surface area (Å²) >= 11 is 6.69. The van der Waals surface area contributed by atoms with Crippen LogP contribution in [0.1, 0.15) is 22.8 Å². The fraction of sp³-hybridized carbons (Fsp3) is 0.205. The SMILES string of the molecule is [CH2]Cc1c(C)cc(Cl)cc1[C@H]1O[C@H](COc2ccccc2)[C@@H](Oc2ccccc2)[C@H](Oc2ccccc2)[C@@H]1Oc1ccccc1. The normalized spacial score (nSPS) is 21.1. The molecule has 1 saturated heterocycles. The number of hydrogen-bond acceptors (Lipinski definition) is 5. The van der Waals surface area contributed by atoms with Crippen LogP contribution in [0, 0.1) is 13.8 Å². The molecule has 1 radical (unpaired) electrons. The minimum atomic E-state index is -0.641. The fourth-order valence-electron chi connectivity index (χ4n) is 5.76. The van der Waals surface area contributed by atoms with Crippen molar-refractivity contribution in [3.05, 3.63) is 162 Å². The standard InChI is InChI=1S/C39H36ClO5/c1-3-33-27(2)24-28(40)25-34(33)36-38(43-31-20-12-6-13-21-31)39(44-32-22-14-7-15-23-32)37(42-30-18-10-5-11-19-30)35(45-36)26-41-29-16-8-4-9-17-29/h4-25,35-39H,1,3,26H2,2H3/t35-,36-,37-,38-,39+/m1/s1. The first kappa shape index (κ1) is 30.6. The Kier molecular flexibility index (Phi) is 9.89. The Bertz CT molecular complexity index is 1630. The average molecular weight is 620 g/mol. The van der Waals surface area contributed by atoms with Crippen LogP contribution in [0.4, 0.5) is 0 Å². The van der Waals surface area contributed by atoms with E-state index in [0.29, 0.717) is 28.7 Å². The molecule has 0 amide bonds. The van der Waals surface area contributed by atoms with Gasteiger partial charge in [0.1, 0.15) is 41.8 Å². The molecular formula is C39H36ClO5. The molecule has 0 aromatic heterocycles. The van der Waals surface area contributed by atoms with Gasteiger partial charge in [-0.3, -0.25) is 0 Å². The van der Waals surface area contributed by atoms with Gasteiger partial charge in [-0.1, -0.05) is 84.4 Å². The lowest BCUT2D eigenvalue weighted by atomic mass is 9.86. The van der Waals surface area contributed by atoms with E-state index in [1.54, 1.807) is 0 Å². The minimum absolute atomic E-state index is 0.212. The third-order valence-electron chi connectivity index (χ3n) is 7.87. The lowest BCUT2D eigenvalue weighted by Gasteiger charge is -2.46. The fourth-order valence-corrected chi connectivity index (χ4v) is 6.04. The summed E-state index contributed by atoms with van der Waals surface area (Å²) in [6.45, 7) is 6.50. The molecule has 0 N–H and O–H groups in total. The van der Waals surface area contributed by atoms with Crippen LogP contribution >= 0.6 is 11.6 Å². The van der Waals surface area contributed by atoms with E-state index in [1.807, 2.05) is 140 Å². The summed E-state index contributed by atoms with van der Waals surface area (Å²) in [4.78, 5) is 0. The van der Waals surface area contributed by atoms with E-state index in [4.69, 9.17) is 35.3 Å². The highest BCUT2D eigenvalue weighted by molar-refractivity contribution is 6.30. The van der Waals surface area contributed by atoms with Crippen LogP contribution in [0.3, 0.4) is 0 Å². The molecule has 1 heterocycles.